The molecule has 7 nitrogen and oxygen atoms in total. The van der Waals surface area contributed by atoms with Gasteiger partial charge in [0.05, 0.1) is 29.3 Å². The summed E-state index contributed by atoms with van der Waals surface area (Å²) < 4.78 is 17.4. The highest BCUT2D eigenvalue weighted by Gasteiger charge is 2.41. The number of ketones is 1. The van der Waals surface area contributed by atoms with Crippen molar-refractivity contribution in [2.24, 2.45) is 0 Å². The van der Waals surface area contributed by atoms with Crippen molar-refractivity contribution in [3.63, 3.8) is 0 Å². The second-order valence-corrected chi connectivity index (χ2v) is 10.9. The zero-order valence-electron chi connectivity index (χ0n) is 22.7. The van der Waals surface area contributed by atoms with E-state index in [1.54, 1.807) is 18.3 Å². The average Bonchev–Trinajstić information content (AvgIpc) is 3.43. The molecule has 0 saturated carbocycles. The number of Topliss-reactive ketones (excluding diaryl/α,β-unsaturated/α-hetero) is 1. The summed E-state index contributed by atoms with van der Waals surface area (Å²) in [5.74, 6) is -0.533. The van der Waals surface area contributed by atoms with Gasteiger partial charge in [0.15, 0.2) is 5.78 Å². The second kappa shape index (κ2) is 10.4. The van der Waals surface area contributed by atoms with Crippen LogP contribution in [0.4, 0.5) is 5.69 Å². The monoisotopic (exact) mass is 524 g/mol. The molecule has 1 aliphatic heterocycles. The molecule has 3 aromatic carbocycles. The molecule has 39 heavy (non-hydrogen) atoms. The Balaban J connectivity index is 1.54. The van der Waals surface area contributed by atoms with Gasteiger partial charge in [-0.25, -0.2) is 4.79 Å². The highest BCUT2D eigenvalue weighted by Crippen LogP contribution is 2.47. The number of aromatic nitrogens is 1. The van der Waals surface area contributed by atoms with E-state index >= 15 is 0 Å². The van der Waals surface area contributed by atoms with Crippen LogP contribution in [0.1, 0.15) is 88.7 Å². The van der Waals surface area contributed by atoms with E-state index in [1.807, 2.05) is 89.2 Å². The van der Waals surface area contributed by atoms with Crippen LogP contribution in [0.5, 0.6) is 5.75 Å². The van der Waals surface area contributed by atoms with Gasteiger partial charge in [0.25, 0.3) is 0 Å². The number of fused-ring (bicyclic) bond motifs is 1. The zero-order valence-corrected chi connectivity index (χ0v) is 22.7. The van der Waals surface area contributed by atoms with Crippen molar-refractivity contribution < 1.29 is 23.6 Å². The third kappa shape index (κ3) is 5.43. The predicted octanol–water partition coefficient (Wildman–Crippen LogP) is 7.21. The average molecular weight is 525 g/mol. The maximum Gasteiger partial charge on any atom is 0.340 e. The van der Waals surface area contributed by atoms with Gasteiger partial charge in [-0.1, -0.05) is 53.7 Å². The molecule has 2 heterocycles. The van der Waals surface area contributed by atoms with Crippen molar-refractivity contribution in [2.45, 2.75) is 58.3 Å². The Morgan fingerprint density at radius 1 is 1.03 bits per heavy atom. The number of carbonyl (C=O) groups is 2. The molecule has 3 atom stereocenters. The van der Waals surface area contributed by atoms with E-state index in [1.165, 1.54) is 6.26 Å². The summed E-state index contributed by atoms with van der Waals surface area (Å²) >= 11 is 0. The lowest BCUT2D eigenvalue weighted by Gasteiger charge is -2.35. The number of esters is 1. The highest BCUT2D eigenvalue weighted by molar-refractivity contribution is 6.05. The van der Waals surface area contributed by atoms with E-state index in [0.717, 1.165) is 16.7 Å². The van der Waals surface area contributed by atoms with Crippen LogP contribution in [0.25, 0.3) is 0 Å². The van der Waals surface area contributed by atoms with Crippen LogP contribution in [0.15, 0.2) is 83.7 Å². The van der Waals surface area contributed by atoms with Crippen molar-refractivity contribution >= 4 is 17.4 Å². The quantitative estimate of drug-likeness (QED) is 0.266. The topological polar surface area (TPSA) is 90.7 Å². The molecule has 5 rings (SSSR count). The van der Waals surface area contributed by atoms with Crippen LogP contribution in [0.3, 0.4) is 0 Å². The summed E-state index contributed by atoms with van der Waals surface area (Å²) in [6, 6.07) is 20.5. The van der Waals surface area contributed by atoms with E-state index in [9.17, 15) is 9.59 Å². The number of nitrogens with one attached hydrogen (secondary N) is 1. The van der Waals surface area contributed by atoms with Gasteiger partial charge in [0.1, 0.15) is 23.7 Å². The number of hydrogen-bond donors (Lipinski definition) is 1. The minimum atomic E-state index is -0.618. The molecule has 1 N–H and O–H groups in total. The standard InChI is InChI=1S/C32H32N2O5/c1-19-15-24(20(2)34-26-14-10-9-13-23(26)31(36)39-32(3,4)5)30-25(16-19)28(35)27(22-17-33-37-18-22)29(38-30)21-11-7-6-8-12-21/h6-18,20,27,29,34H,1-5H3. The highest BCUT2D eigenvalue weighted by atomic mass is 16.6. The summed E-state index contributed by atoms with van der Waals surface area (Å²) in [6.07, 6.45) is 2.51. The van der Waals surface area contributed by atoms with Gasteiger partial charge in [-0.05, 0) is 63.9 Å². The Kier molecular flexibility index (Phi) is 7.00. The van der Waals surface area contributed by atoms with Gasteiger partial charge < -0.3 is 19.3 Å². The van der Waals surface area contributed by atoms with E-state index in [-0.39, 0.29) is 11.8 Å². The van der Waals surface area contributed by atoms with Crippen LogP contribution in [0, 0.1) is 6.92 Å². The van der Waals surface area contributed by atoms with Crippen LogP contribution >= 0.6 is 0 Å². The van der Waals surface area contributed by atoms with Gasteiger partial charge in [-0.3, -0.25) is 4.79 Å². The lowest BCUT2D eigenvalue weighted by atomic mass is 9.80. The zero-order chi connectivity index (χ0) is 27.7. The molecule has 4 aromatic rings. The SMILES string of the molecule is Cc1cc2c(c(C(C)Nc3ccccc3C(=O)OC(C)(C)C)c1)OC(c1ccccc1)C(c1cnoc1)C2=O. The first-order valence-corrected chi connectivity index (χ1v) is 13.0. The number of nitrogens with zero attached hydrogens (tertiary/aromatic N) is 1. The first kappa shape index (κ1) is 26.2. The molecule has 0 saturated heterocycles. The maximum absolute atomic E-state index is 14.0. The predicted molar refractivity (Wildman–Crippen MR) is 148 cm³/mol. The third-order valence-corrected chi connectivity index (χ3v) is 6.68. The van der Waals surface area contributed by atoms with Crippen molar-refractivity contribution in [2.75, 3.05) is 5.32 Å². The number of aryl methyl sites for hydroxylation is 1. The van der Waals surface area contributed by atoms with Crippen LogP contribution in [-0.4, -0.2) is 22.5 Å². The van der Waals surface area contributed by atoms with Crippen molar-refractivity contribution in [1.82, 2.24) is 5.16 Å². The molecule has 7 heteroatoms. The van der Waals surface area contributed by atoms with Crippen molar-refractivity contribution in [3.05, 3.63) is 113 Å². The number of hydrogen-bond acceptors (Lipinski definition) is 7. The molecule has 0 radical (unpaired) electrons. The van der Waals surface area contributed by atoms with Crippen molar-refractivity contribution in [3.8, 4) is 5.75 Å². The van der Waals surface area contributed by atoms with Crippen LogP contribution < -0.4 is 10.1 Å². The normalized spacial score (nSPS) is 17.6. The number of anilines is 1. The summed E-state index contributed by atoms with van der Waals surface area (Å²) in [6.45, 7) is 9.46. The molecule has 0 bridgehead atoms. The van der Waals surface area contributed by atoms with E-state index < -0.39 is 23.6 Å². The smallest absolute Gasteiger partial charge is 0.340 e. The molecule has 0 fully saturated rings. The number of ether oxygens (including phenoxy) is 2. The van der Waals surface area contributed by atoms with Gasteiger partial charge in [-0.2, -0.15) is 0 Å². The van der Waals surface area contributed by atoms with Crippen molar-refractivity contribution in [1.29, 1.82) is 0 Å². The van der Waals surface area contributed by atoms with Crippen LogP contribution in [-0.2, 0) is 4.74 Å². The Bertz CT molecular complexity index is 1490. The minimum absolute atomic E-state index is 0.0559. The molecule has 0 amide bonds. The van der Waals surface area contributed by atoms with Gasteiger partial charge in [0, 0.05) is 16.8 Å². The van der Waals surface area contributed by atoms with Gasteiger partial charge >= 0.3 is 5.97 Å². The summed E-state index contributed by atoms with van der Waals surface area (Å²) in [5, 5.41) is 7.30. The summed E-state index contributed by atoms with van der Waals surface area (Å²) in [5.41, 5.74) is 4.26. The number of para-hydroxylation sites is 1. The maximum atomic E-state index is 14.0. The minimum Gasteiger partial charge on any atom is -0.483 e. The first-order valence-electron chi connectivity index (χ1n) is 13.0. The molecular formula is C32H32N2O5. The fourth-order valence-electron chi connectivity index (χ4n) is 4.96. The molecule has 3 unspecified atom stereocenters. The fourth-order valence-corrected chi connectivity index (χ4v) is 4.96. The molecule has 0 spiro atoms. The van der Waals surface area contributed by atoms with Gasteiger partial charge in [-0.15, -0.1) is 0 Å². The second-order valence-electron chi connectivity index (χ2n) is 10.9. The molecule has 1 aromatic heterocycles. The van der Waals surface area contributed by atoms with Crippen LogP contribution in [0.2, 0.25) is 0 Å². The summed E-state index contributed by atoms with van der Waals surface area (Å²) in [4.78, 5) is 27.0. The summed E-state index contributed by atoms with van der Waals surface area (Å²) in [7, 11) is 0. The lowest BCUT2D eigenvalue weighted by molar-refractivity contribution is 0.00705. The Labute approximate surface area is 228 Å². The Morgan fingerprint density at radius 2 is 1.74 bits per heavy atom. The number of benzene rings is 3. The largest absolute Gasteiger partial charge is 0.483 e. The van der Waals surface area contributed by atoms with E-state index in [4.69, 9.17) is 14.0 Å². The Hall–Kier alpha value is -4.39. The molecule has 0 aliphatic carbocycles. The van der Waals surface area contributed by atoms with E-state index in [0.29, 0.717) is 28.1 Å². The molecular weight excluding hydrogens is 492 g/mol. The third-order valence-electron chi connectivity index (χ3n) is 6.68. The molecule has 200 valence electrons. The first-order chi connectivity index (χ1) is 18.6. The molecule has 1 aliphatic rings. The fraction of sp³-hybridized carbons (Fsp3) is 0.281. The van der Waals surface area contributed by atoms with E-state index in [2.05, 4.69) is 10.5 Å². The Morgan fingerprint density at radius 3 is 2.44 bits per heavy atom. The number of rotatable bonds is 6. The lowest BCUT2D eigenvalue weighted by Crippen LogP contribution is -2.31. The van der Waals surface area contributed by atoms with Gasteiger partial charge in [0.2, 0.25) is 0 Å². The number of carbonyl (C=O) groups excluding carboxylic acids is 2.